The molecule has 2 fully saturated rings. The summed E-state index contributed by atoms with van der Waals surface area (Å²) >= 11 is 0. The van der Waals surface area contributed by atoms with E-state index >= 15 is 0 Å². The Labute approximate surface area is 155 Å². The summed E-state index contributed by atoms with van der Waals surface area (Å²) in [7, 11) is 1.66. The van der Waals surface area contributed by atoms with Crippen molar-refractivity contribution in [2.75, 3.05) is 11.9 Å². The number of nitrogens with zero attached hydrogens (tertiary/aromatic N) is 2. The van der Waals surface area contributed by atoms with Gasteiger partial charge in [0.15, 0.2) is 0 Å². The predicted octanol–water partition coefficient (Wildman–Crippen LogP) is 1.34. The van der Waals surface area contributed by atoms with Gasteiger partial charge in [-0.1, -0.05) is 18.9 Å². The number of nitrogens with one attached hydrogen (secondary N) is 2. The van der Waals surface area contributed by atoms with Crippen LogP contribution in [0.25, 0.3) is 10.8 Å². The van der Waals surface area contributed by atoms with E-state index in [1.807, 2.05) is 6.07 Å². The number of hydrogen-bond acceptors (Lipinski definition) is 4. The van der Waals surface area contributed by atoms with Crippen molar-refractivity contribution in [2.45, 2.75) is 31.2 Å². The molecular formula is C19H20N4O4. The zero-order chi connectivity index (χ0) is 19.2. The summed E-state index contributed by atoms with van der Waals surface area (Å²) in [6.07, 6.45) is 4.68. The van der Waals surface area contributed by atoms with Gasteiger partial charge < -0.3 is 15.2 Å². The van der Waals surface area contributed by atoms with E-state index in [4.69, 9.17) is 0 Å². The fourth-order valence-corrected chi connectivity index (χ4v) is 3.90. The first-order chi connectivity index (χ1) is 12.9. The van der Waals surface area contributed by atoms with Gasteiger partial charge in [-0.2, -0.15) is 0 Å². The lowest BCUT2D eigenvalue weighted by atomic mass is 9.98. The highest BCUT2D eigenvalue weighted by Crippen LogP contribution is 2.34. The number of pyridine rings is 1. The van der Waals surface area contributed by atoms with Gasteiger partial charge in [-0.3, -0.25) is 19.3 Å². The number of fused-ring (bicyclic) bond motifs is 1. The van der Waals surface area contributed by atoms with E-state index in [1.165, 1.54) is 4.57 Å². The van der Waals surface area contributed by atoms with E-state index < -0.39 is 17.5 Å². The Hall–Kier alpha value is -3.16. The van der Waals surface area contributed by atoms with E-state index in [-0.39, 0.29) is 18.0 Å². The van der Waals surface area contributed by atoms with Crippen LogP contribution in [0, 0.1) is 0 Å². The molecule has 4 rings (SSSR count). The molecule has 1 spiro atoms. The van der Waals surface area contributed by atoms with Crippen molar-refractivity contribution >= 4 is 34.3 Å². The summed E-state index contributed by atoms with van der Waals surface area (Å²) in [6.45, 7) is -0.350. The molecule has 8 nitrogen and oxygen atoms in total. The number of carbonyl (C=O) groups excluding carboxylic acids is 3. The summed E-state index contributed by atoms with van der Waals surface area (Å²) in [5.41, 5.74) is -0.550. The van der Waals surface area contributed by atoms with Gasteiger partial charge in [0.1, 0.15) is 12.1 Å². The maximum atomic E-state index is 12.6. The van der Waals surface area contributed by atoms with Crippen LogP contribution in [0.5, 0.6) is 0 Å². The van der Waals surface area contributed by atoms with Gasteiger partial charge in [-0.15, -0.1) is 0 Å². The summed E-state index contributed by atoms with van der Waals surface area (Å²) in [6, 6.07) is 6.32. The third kappa shape index (κ3) is 2.87. The molecule has 8 heteroatoms. The quantitative estimate of drug-likeness (QED) is 0.799. The number of aromatic nitrogens is 1. The van der Waals surface area contributed by atoms with Crippen LogP contribution in [0.2, 0.25) is 0 Å². The number of imide groups is 1. The van der Waals surface area contributed by atoms with Gasteiger partial charge in [-0.25, -0.2) is 4.79 Å². The van der Waals surface area contributed by atoms with Crippen molar-refractivity contribution in [2.24, 2.45) is 7.05 Å². The van der Waals surface area contributed by atoms with Crippen LogP contribution >= 0.6 is 0 Å². The SMILES string of the molecule is Cn1ccc2ccc(NC(=O)CN3C(=O)NC4(CCCC4)C3=O)cc2c1=O. The molecule has 0 unspecified atom stereocenters. The number of benzene rings is 1. The van der Waals surface area contributed by atoms with Gasteiger partial charge in [0, 0.05) is 24.3 Å². The molecule has 2 aliphatic rings. The van der Waals surface area contributed by atoms with E-state index in [0.29, 0.717) is 23.9 Å². The summed E-state index contributed by atoms with van der Waals surface area (Å²) in [4.78, 5) is 50.3. The Kier molecular flexibility index (Phi) is 3.98. The first-order valence-corrected chi connectivity index (χ1v) is 8.93. The highest BCUT2D eigenvalue weighted by molar-refractivity contribution is 6.10. The number of hydrogen-bond donors (Lipinski definition) is 2. The van der Waals surface area contributed by atoms with Gasteiger partial charge in [0.2, 0.25) is 5.91 Å². The Morgan fingerprint density at radius 3 is 2.67 bits per heavy atom. The van der Waals surface area contributed by atoms with Gasteiger partial charge >= 0.3 is 6.03 Å². The first kappa shape index (κ1) is 17.3. The molecule has 2 N–H and O–H groups in total. The standard InChI is InChI=1S/C19H20N4O4/c1-22-9-6-12-4-5-13(10-14(12)16(22)25)20-15(24)11-23-17(26)19(21-18(23)27)7-2-3-8-19/h4-6,9-10H,2-3,7-8,11H2,1H3,(H,20,24)(H,21,27). The lowest BCUT2D eigenvalue weighted by molar-refractivity contribution is -0.133. The Bertz CT molecular complexity index is 1020. The molecule has 27 heavy (non-hydrogen) atoms. The molecule has 4 amide bonds. The molecule has 0 atom stereocenters. The summed E-state index contributed by atoms with van der Waals surface area (Å²) < 4.78 is 1.46. The van der Waals surface area contributed by atoms with Crippen molar-refractivity contribution in [3.8, 4) is 0 Å². The highest BCUT2D eigenvalue weighted by atomic mass is 16.2. The Morgan fingerprint density at radius 2 is 1.93 bits per heavy atom. The molecular weight excluding hydrogens is 348 g/mol. The molecule has 0 bridgehead atoms. The molecule has 2 heterocycles. The van der Waals surface area contributed by atoms with Crippen molar-refractivity contribution in [3.05, 3.63) is 40.8 Å². The average molecular weight is 368 g/mol. The largest absolute Gasteiger partial charge is 0.325 e. The van der Waals surface area contributed by atoms with Crippen LogP contribution in [-0.2, 0) is 16.6 Å². The van der Waals surface area contributed by atoms with E-state index in [2.05, 4.69) is 10.6 Å². The van der Waals surface area contributed by atoms with E-state index in [9.17, 15) is 19.2 Å². The molecule has 1 saturated carbocycles. The minimum atomic E-state index is -0.827. The number of rotatable bonds is 3. The van der Waals surface area contributed by atoms with Crippen LogP contribution in [0.1, 0.15) is 25.7 Å². The highest BCUT2D eigenvalue weighted by Gasteiger charge is 2.52. The van der Waals surface area contributed by atoms with Crippen LogP contribution in [-0.4, -0.2) is 39.4 Å². The second-order valence-electron chi connectivity index (χ2n) is 7.19. The zero-order valence-electron chi connectivity index (χ0n) is 14.9. The third-order valence-electron chi connectivity index (χ3n) is 5.37. The monoisotopic (exact) mass is 368 g/mol. The second kappa shape index (κ2) is 6.22. The summed E-state index contributed by atoms with van der Waals surface area (Å²) in [5.74, 6) is -0.812. The maximum Gasteiger partial charge on any atom is 0.325 e. The predicted molar refractivity (Wildman–Crippen MR) is 99.3 cm³/mol. The second-order valence-corrected chi connectivity index (χ2v) is 7.19. The van der Waals surface area contributed by atoms with E-state index in [1.54, 1.807) is 31.4 Å². The van der Waals surface area contributed by atoms with Crippen molar-refractivity contribution in [3.63, 3.8) is 0 Å². The van der Waals surface area contributed by atoms with Crippen LogP contribution in [0.3, 0.4) is 0 Å². The van der Waals surface area contributed by atoms with Crippen molar-refractivity contribution < 1.29 is 14.4 Å². The molecule has 1 aliphatic carbocycles. The fourth-order valence-electron chi connectivity index (χ4n) is 3.90. The zero-order valence-corrected chi connectivity index (χ0v) is 14.9. The van der Waals surface area contributed by atoms with Gasteiger partial charge in [0.05, 0.1) is 0 Å². The summed E-state index contributed by atoms with van der Waals surface area (Å²) in [5, 5.41) is 6.67. The van der Waals surface area contributed by atoms with E-state index in [0.717, 1.165) is 23.1 Å². The molecule has 140 valence electrons. The number of amides is 4. The van der Waals surface area contributed by atoms with Crippen molar-refractivity contribution in [1.29, 1.82) is 0 Å². The average Bonchev–Trinajstić information content (AvgIpc) is 3.20. The van der Waals surface area contributed by atoms with Crippen molar-refractivity contribution in [1.82, 2.24) is 14.8 Å². The Morgan fingerprint density at radius 1 is 1.19 bits per heavy atom. The van der Waals surface area contributed by atoms with Crippen LogP contribution < -0.4 is 16.2 Å². The lowest BCUT2D eigenvalue weighted by Gasteiger charge is -2.19. The molecule has 1 aromatic carbocycles. The first-order valence-electron chi connectivity index (χ1n) is 8.93. The smallest absolute Gasteiger partial charge is 0.325 e. The van der Waals surface area contributed by atoms with Gasteiger partial charge in [-0.05, 0) is 36.4 Å². The topological polar surface area (TPSA) is 101 Å². The van der Waals surface area contributed by atoms with Gasteiger partial charge in [0.25, 0.3) is 11.5 Å². The molecule has 1 aromatic heterocycles. The number of urea groups is 1. The molecule has 0 radical (unpaired) electrons. The minimum Gasteiger partial charge on any atom is -0.325 e. The fraction of sp³-hybridized carbons (Fsp3) is 0.368. The number of aryl methyl sites for hydroxylation is 1. The molecule has 1 saturated heterocycles. The molecule has 2 aromatic rings. The Balaban J connectivity index is 1.51. The van der Waals surface area contributed by atoms with Crippen LogP contribution in [0.15, 0.2) is 35.3 Å². The lowest BCUT2D eigenvalue weighted by Crippen LogP contribution is -2.44. The number of anilines is 1. The third-order valence-corrected chi connectivity index (χ3v) is 5.37. The molecule has 1 aliphatic heterocycles. The maximum absolute atomic E-state index is 12.6. The minimum absolute atomic E-state index is 0.166. The number of carbonyl (C=O) groups is 3. The normalized spacial score (nSPS) is 18.3. The van der Waals surface area contributed by atoms with Crippen LogP contribution in [0.4, 0.5) is 10.5 Å².